The zero-order chi connectivity index (χ0) is 15.9. The molecule has 6 heteroatoms. The average Bonchev–Trinajstić information content (AvgIpc) is 2.96. The molecular weight excluding hydrogens is 282 g/mol. The number of likely N-dealkylation sites (N-methyl/N-ethyl adjacent to an activating group) is 1. The number of nitrogens with zero attached hydrogens (tertiary/aromatic N) is 2. The summed E-state index contributed by atoms with van der Waals surface area (Å²) in [6.45, 7) is 4.48. The quantitative estimate of drug-likeness (QED) is 0.888. The number of pyridine rings is 1. The van der Waals surface area contributed by atoms with E-state index in [1.165, 1.54) is 6.92 Å². The predicted molar refractivity (Wildman–Crippen MR) is 82.5 cm³/mol. The normalized spacial score (nSPS) is 10.3. The molecule has 22 heavy (non-hydrogen) atoms. The van der Waals surface area contributed by atoms with Gasteiger partial charge in [-0.05, 0) is 37.1 Å². The number of carbonyl (C=O) groups is 2. The van der Waals surface area contributed by atoms with Crippen molar-refractivity contribution in [3.63, 3.8) is 0 Å². The molecule has 0 aromatic carbocycles. The highest BCUT2D eigenvalue weighted by atomic mass is 16.4. The second kappa shape index (κ2) is 7.40. The van der Waals surface area contributed by atoms with E-state index < -0.39 is 0 Å². The standard InChI is InChI=1S/C16H19N3O3/c1-3-19(11-8-13-6-9-17-10-7-13)16(21)14-4-5-15(22-14)18-12(2)20/h4-7,9-10H,3,8,11H2,1-2H3,(H,18,20). The fourth-order valence-corrected chi connectivity index (χ4v) is 2.07. The Morgan fingerprint density at radius 2 is 1.95 bits per heavy atom. The molecule has 0 aliphatic carbocycles. The summed E-state index contributed by atoms with van der Waals surface area (Å²) in [6, 6.07) is 7.01. The van der Waals surface area contributed by atoms with E-state index in [0.717, 1.165) is 12.0 Å². The Labute approximate surface area is 129 Å². The molecule has 0 radical (unpaired) electrons. The van der Waals surface area contributed by atoms with E-state index in [1.54, 1.807) is 29.4 Å². The van der Waals surface area contributed by atoms with Crippen LogP contribution in [-0.2, 0) is 11.2 Å². The van der Waals surface area contributed by atoms with Gasteiger partial charge < -0.3 is 9.32 Å². The first kappa shape index (κ1) is 15.8. The van der Waals surface area contributed by atoms with Crippen molar-refractivity contribution < 1.29 is 14.0 Å². The molecule has 0 atom stereocenters. The molecule has 116 valence electrons. The van der Waals surface area contributed by atoms with Gasteiger partial charge in [0.05, 0.1) is 0 Å². The Kier molecular flexibility index (Phi) is 5.30. The van der Waals surface area contributed by atoms with Gasteiger partial charge in [0.1, 0.15) is 0 Å². The van der Waals surface area contributed by atoms with Gasteiger partial charge >= 0.3 is 0 Å². The summed E-state index contributed by atoms with van der Waals surface area (Å²) in [5.41, 5.74) is 1.12. The number of hydrogen-bond acceptors (Lipinski definition) is 4. The van der Waals surface area contributed by atoms with Gasteiger partial charge in [-0.1, -0.05) is 0 Å². The van der Waals surface area contributed by atoms with Crippen molar-refractivity contribution in [3.05, 3.63) is 48.0 Å². The number of aromatic nitrogens is 1. The van der Waals surface area contributed by atoms with Crippen LogP contribution < -0.4 is 5.32 Å². The van der Waals surface area contributed by atoms with Crippen molar-refractivity contribution in [1.82, 2.24) is 9.88 Å². The van der Waals surface area contributed by atoms with Crippen LogP contribution in [0, 0.1) is 0 Å². The van der Waals surface area contributed by atoms with Crippen molar-refractivity contribution in [2.24, 2.45) is 0 Å². The molecular formula is C16H19N3O3. The van der Waals surface area contributed by atoms with Crippen LogP contribution in [0.2, 0.25) is 0 Å². The third kappa shape index (κ3) is 4.18. The van der Waals surface area contributed by atoms with Gasteiger partial charge in [0, 0.05) is 38.5 Å². The molecule has 0 bridgehead atoms. The molecule has 2 rings (SSSR count). The highest BCUT2D eigenvalue weighted by Crippen LogP contribution is 2.15. The van der Waals surface area contributed by atoms with Crippen LogP contribution in [0.15, 0.2) is 41.1 Å². The minimum absolute atomic E-state index is 0.187. The maximum Gasteiger partial charge on any atom is 0.289 e. The molecule has 2 aromatic rings. The number of amides is 2. The van der Waals surface area contributed by atoms with Crippen molar-refractivity contribution in [2.75, 3.05) is 18.4 Å². The lowest BCUT2D eigenvalue weighted by Gasteiger charge is -2.19. The van der Waals surface area contributed by atoms with Gasteiger partial charge in [-0.25, -0.2) is 0 Å². The molecule has 0 aliphatic rings. The van der Waals surface area contributed by atoms with Crippen molar-refractivity contribution in [3.8, 4) is 0 Å². The Balaban J connectivity index is 1.99. The summed E-state index contributed by atoms with van der Waals surface area (Å²) in [6.07, 6.45) is 4.22. The molecule has 0 saturated heterocycles. The first-order valence-electron chi connectivity index (χ1n) is 7.15. The summed E-state index contributed by atoms with van der Waals surface area (Å²) < 4.78 is 5.36. The molecule has 1 N–H and O–H groups in total. The molecule has 0 aliphatic heterocycles. The van der Waals surface area contributed by atoms with Gasteiger partial charge in [-0.3, -0.25) is 19.9 Å². The highest BCUT2D eigenvalue weighted by molar-refractivity contribution is 5.93. The van der Waals surface area contributed by atoms with Gasteiger partial charge in [-0.15, -0.1) is 0 Å². The molecule has 0 unspecified atom stereocenters. The number of anilines is 1. The number of furan rings is 1. The lowest BCUT2D eigenvalue weighted by atomic mass is 10.2. The maximum atomic E-state index is 12.4. The van der Waals surface area contributed by atoms with Gasteiger partial charge in [0.2, 0.25) is 5.91 Å². The van der Waals surface area contributed by atoms with E-state index in [1.807, 2.05) is 19.1 Å². The van der Waals surface area contributed by atoms with Crippen LogP contribution in [0.4, 0.5) is 5.88 Å². The number of nitrogens with one attached hydrogen (secondary N) is 1. The SMILES string of the molecule is CCN(CCc1ccncc1)C(=O)c1ccc(NC(C)=O)o1. The molecule has 2 amide bonds. The second-order valence-corrected chi connectivity index (χ2v) is 4.84. The van der Waals surface area contributed by atoms with Crippen molar-refractivity contribution >= 4 is 17.7 Å². The summed E-state index contributed by atoms with van der Waals surface area (Å²) in [4.78, 5) is 29.1. The molecule has 6 nitrogen and oxygen atoms in total. The number of rotatable bonds is 6. The first-order chi connectivity index (χ1) is 10.6. The summed E-state index contributed by atoms with van der Waals surface area (Å²) in [7, 11) is 0. The van der Waals surface area contributed by atoms with Gasteiger partial charge in [-0.2, -0.15) is 0 Å². The second-order valence-electron chi connectivity index (χ2n) is 4.84. The third-order valence-electron chi connectivity index (χ3n) is 3.20. The molecule has 2 aromatic heterocycles. The fraction of sp³-hybridized carbons (Fsp3) is 0.312. The monoisotopic (exact) mass is 301 g/mol. The summed E-state index contributed by atoms with van der Waals surface area (Å²) in [5, 5.41) is 2.51. The average molecular weight is 301 g/mol. The van der Waals surface area contributed by atoms with Crippen molar-refractivity contribution in [2.45, 2.75) is 20.3 Å². The van der Waals surface area contributed by atoms with E-state index in [-0.39, 0.29) is 23.5 Å². The zero-order valence-electron chi connectivity index (χ0n) is 12.7. The zero-order valence-corrected chi connectivity index (χ0v) is 12.7. The summed E-state index contributed by atoms with van der Waals surface area (Å²) in [5.74, 6) is 0.0768. The minimum Gasteiger partial charge on any atom is -0.435 e. The lowest BCUT2D eigenvalue weighted by molar-refractivity contribution is -0.114. The van der Waals surface area contributed by atoms with E-state index in [4.69, 9.17) is 4.42 Å². The smallest absolute Gasteiger partial charge is 0.289 e. The van der Waals surface area contributed by atoms with Crippen LogP contribution in [0.25, 0.3) is 0 Å². The summed E-state index contributed by atoms with van der Waals surface area (Å²) >= 11 is 0. The molecule has 0 spiro atoms. The largest absolute Gasteiger partial charge is 0.435 e. The number of hydrogen-bond donors (Lipinski definition) is 1. The predicted octanol–water partition coefficient (Wildman–Crippen LogP) is 2.34. The highest BCUT2D eigenvalue weighted by Gasteiger charge is 2.18. The first-order valence-corrected chi connectivity index (χ1v) is 7.15. The van der Waals surface area contributed by atoms with Crippen LogP contribution in [0.3, 0.4) is 0 Å². The van der Waals surface area contributed by atoms with Gasteiger partial charge in [0.25, 0.3) is 5.91 Å². The molecule has 0 saturated carbocycles. The van der Waals surface area contributed by atoms with Crippen LogP contribution in [0.1, 0.15) is 30.0 Å². The van der Waals surface area contributed by atoms with E-state index in [2.05, 4.69) is 10.3 Å². The molecule has 0 fully saturated rings. The Morgan fingerprint density at radius 3 is 2.59 bits per heavy atom. The van der Waals surface area contributed by atoms with Gasteiger partial charge in [0.15, 0.2) is 11.6 Å². The number of carbonyl (C=O) groups excluding carboxylic acids is 2. The van der Waals surface area contributed by atoms with Crippen LogP contribution >= 0.6 is 0 Å². The third-order valence-corrected chi connectivity index (χ3v) is 3.20. The Bertz CT molecular complexity index is 637. The van der Waals surface area contributed by atoms with E-state index >= 15 is 0 Å². The maximum absolute atomic E-state index is 12.4. The fourth-order valence-electron chi connectivity index (χ4n) is 2.07. The topological polar surface area (TPSA) is 75.4 Å². The minimum atomic E-state index is -0.238. The van der Waals surface area contributed by atoms with Crippen LogP contribution in [0.5, 0.6) is 0 Å². The van der Waals surface area contributed by atoms with Crippen molar-refractivity contribution in [1.29, 1.82) is 0 Å². The Hall–Kier alpha value is -2.63. The van der Waals surface area contributed by atoms with Crippen LogP contribution in [-0.4, -0.2) is 34.8 Å². The molecule has 2 heterocycles. The van der Waals surface area contributed by atoms with E-state index in [0.29, 0.717) is 13.1 Å². The lowest BCUT2D eigenvalue weighted by Crippen LogP contribution is -2.32. The van der Waals surface area contributed by atoms with E-state index in [9.17, 15) is 9.59 Å². The Morgan fingerprint density at radius 1 is 1.23 bits per heavy atom.